The molecule has 7 heteroatoms. The third-order valence-corrected chi connectivity index (χ3v) is 4.27. The highest BCUT2D eigenvalue weighted by Gasteiger charge is 2.19. The summed E-state index contributed by atoms with van der Waals surface area (Å²) in [6.07, 6.45) is 3.96. The molecule has 1 amide bonds. The Hall–Kier alpha value is -2.54. The molecule has 0 spiro atoms. The van der Waals surface area contributed by atoms with Gasteiger partial charge in [0.15, 0.2) is 0 Å². The molecule has 132 valence electrons. The van der Waals surface area contributed by atoms with Crippen LogP contribution in [0.25, 0.3) is 0 Å². The maximum Gasteiger partial charge on any atom is 0.225 e. The van der Waals surface area contributed by atoms with Gasteiger partial charge in [0.1, 0.15) is 5.82 Å². The van der Waals surface area contributed by atoms with Crippen LogP contribution in [0.2, 0.25) is 0 Å². The number of amides is 1. The number of nitrogens with one attached hydrogen (secondary N) is 1. The summed E-state index contributed by atoms with van der Waals surface area (Å²) in [5.74, 6) is 0.507. The molecular formula is C18H22FN5O. The molecule has 2 heterocycles. The van der Waals surface area contributed by atoms with E-state index in [0.29, 0.717) is 13.0 Å². The minimum Gasteiger partial charge on any atom is -0.352 e. The van der Waals surface area contributed by atoms with Crippen LogP contribution in [0.5, 0.6) is 0 Å². The number of anilines is 1. The molecule has 0 aliphatic carbocycles. The van der Waals surface area contributed by atoms with E-state index >= 15 is 0 Å². The van der Waals surface area contributed by atoms with Gasteiger partial charge in [-0.1, -0.05) is 12.1 Å². The highest BCUT2D eigenvalue weighted by molar-refractivity contribution is 5.76. The van der Waals surface area contributed by atoms with Crippen molar-refractivity contribution in [2.75, 3.05) is 37.6 Å². The number of halogens is 1. The Morgan fingerprint density at radius 1 is 1.08 bits per heavy atom. The molecule has 1 saturated heterocycles. The summed E-state index contributed by atoms with van der Waals surface area (Å²) in [6, 6.07) is 7.97. The van der Waals surface area contributed by atoms with Gasteiger partial charge >= 0.3 is 0 Å². The van der Waals surface area contributed by atoms with E-state index < -0.39 is 0 Å². The molecular weight excluding hydrogens is 321 g/mol. The standard InChI is InChI=1S/C18H22FN5O/c19-16-4-2-15(3-5-16)14-22-17(25)6-9-23-10-12-24(13-11-23)18-20-7-1-8-21-18/h1-5,7-8H,6,9-14H2,(H,22,25). The molecule has 25 heavy (non-hydrogen) atoms. The summed E-state index contributed by atoms with van der Waals surface area (Å²) in [5, 5.41) is 2.87. The molecule has 2 aromatic rings. The summed E-state index contributed by atoms with van der Waals surface area (Å²) in [4.78, 5) is 24.9. The van der Waals surface area contributed by atoms with E-state index in [1.54, 1.807) is 24.5 Å². The Kier molecular flexibility index (Phi) is 5.90. The van der Waals surface area contributed by atoms with Crippen LogP contribution in [-0.4, -0.2) is 53.5 Å². The molecule has 1 fully saturated rings. The number of carbonyl (C=O) groups excluding carboxylic acids is 1. The van der Waals surface area contributed by atoms with E-state index in [1.807, 2.05) is 6.07 Å². The van der Waals surface area contributed by atoms with Crippen LogP contribution in [0.15, 0.2) is 42.7 Å². The first kappa shape index (κ1) is 17.3. The monoisotopic (exact) mass is 343 g/mol. The Labute approximate surface area is 146 Å². The predicted octanol–water partition coefficient (Wildman–Crippen LogP) is 1.44. The van der Waals surface area contributed by atoms with Crippen LogP contribution in [0.1, 0.15) is 12.0 Å². The van der Waals surface area contributed by atoms with E-state index in [2.05, 4.69) is 25.1 Å². The first-order valence-corrected chi connectivity index (χ1v) is 8.46. The summed E-state index contributed by atoms with van der Waals surface area (Å²) in [6.45, 7) is 4.67. The van der Waals surface area contributed by atoms with Crippen LogP contribution < -0.4 is 10.2 Å². The van der Waals surface area contributed by atoms with Gasteiger partial charge in [0.25, 0.3) is 0 Å². The molecule has 0 atom stereocenters. The SMILES string of the molecule is O=C(CCN1CCN(c2ncccn2)CC1)NCc1ccc(F)cc1. The van der Waals surface area contributed by atoms with Crippen LogP contribution in [0.4, 0.5) is 10.3 Å². The van der Waals surface area contributed by atoms with Crippen molar-refractivity contribution in [3.8, 4) is 0 Å². The van der Waals surface area contributed by atoms with Crippen molar-refractivity contribution in [2.24, 2.45) is 0 Å². The number of rotatable bonds is 6. The number of benzene rings is 1. The molecule has 1 aliphatic heterocycles. The van der Waals surface area contributed by atoms with E-state index in [1.165, 1.54) is 12.1 Å². The first-order valence-electron chi connectivity index (χ1n) is 8.46. The van der Waals surface area contributed by atoms with E-state index in [4.69, 9.17) is 0 Å². The van der Waals surface area contributed by atoms with Crippen LogP contribution in [0, 0.1) is 5.82 Å². The first-order chi connectivity index (χ1) is 12.2. The summed E-state index contributed by atoms with van der Waals surface area (Å²) in [7, 11) is 0. The topological polar surface area (TPSA) is 61.4 Å². The molecule has 0 unspecified atom stereocenters. The van der Waals surface area contributed by atoms with Gasteiger partial charge in [0, 0.05) is 58.1 Å². The molecule has 3 rings (SSSR count). The van der Waals surface area contributed by atoms with E-state index in [9.17, 15) is 9.18 Å². The van der Waals surface area contributed by atoms with Crippen LogP contribution in [0.3, 0.4) is 0 Å². The zero-order valence-electron chi connectivity index (χ0n) is 14.1. The second-order valence-corrected chi connectivity index (χ2v) is 6.03. The Balaban J connectivity index is 1.35. The van der Waals surface area contributed by atoms with Crippen molar-refractivity contribution in [2.45, 2.75) is 13.0 Å². The van der Waals surface area contributed by atoms with Gasteiger partial charge < -0.3 is 10.2 Å². The minimum atomic E-state index is -0.268. The minimum absolute atomic E-state index is 0.0122. The van der Waals surface area contributed by atoms with Crippen molar-refractivity contribution < 1.29 is 9.18 Å². The average Bonchev–Trinajstić information content (AvgIpc) is 2.67. The second-order valence-electron chi connectivity index (χ2n) is 6.03. The van der Waals surface area contributed by atoms with E-state index in [0.717, 1.165) is 44.2 Å². The number of hydrogen-bond donors (Lipinski definition) is 1. The van der Waals surface area contributed by atoms with Crippen molar-refractivity contribution >= 4 is 11.9 Å². The van der Waals surface area contributed by atoms with Gasteiger partial charge in [-0.3, -0.25) is 9.69 Å². The maximum absolute atomic E-state index is 12.8. The largest absolute Gasteiger partial charge is 0.352 e. The molecule has 1 aromatic heterocycles. The van der Waals surface area contributed by atoms with Gasteiger partial charge in [-0.15, -0.1) is 0 Å². The number of piperazine rings is 1. The summed E-state index contributed by atoms with van der Waals surface area (Å²) < 4.78 is 12.8. The molecule has 1 aliphatic rings. The predicted molar refractivity (Wildman–Crippen MR) is 93.5 cm³/mol. The average molecular weight is 343 g/mol. The van der Waals surface area contributed by atoms with Gasteiger partial charge in [0.2, 0.25) is 11.9 Å². The van der Waals surface area contributed by atoms with Crippen molar-refractivity contribution in [1.82, 2.24) is 20.2 Å². The number of nitrogens with zero attached hydrogens (tertiary/aromatic N) is 4. The van der Waals surface area contributed by atoms with Crippen LogP contribution >= 0.6 is 0 Å². The Morgan fingerprint density at radius 2 is 1.76 bits per heavy atom. The molecule has 1 aromatic carbocycles. The van der Waals surface area contributed by atoms with Crippen molar-refractivity contribution in [3.05, 3.63) is 54.1 Å². The Morgan fingerprint density at radius 3 is 2.44 bits per heavy atom. The second kappa shape index (κ2) is 8.53. The lowest BCUT2D eigenvalue weighted by Gasteiger charge is -2.34. The van der Waals surface area contributed by atoms with Gasteiger partial charge in [-0.2, -0.15) is 0 Å². The van der Waals surface area contributed by atoms with Crippen LogP contribution in [-0.2, 0) is 11.3 Å². The molecule has 0 radical (unpaired) electrons. The fourth-order valence-corrected chi connectivity index (χ4v) is 2.78. The molecule has 1 N–H and O–H groups in total. The lowest BCUT2D eigenvalue weighted by molar-refractivity contribution is -0.121. The molecule has 0 saturated carbocycles. The number of hydrogen-bond acceptors (Lipinski definition) is 5. The Bertz CT molecular complexity index is 672. The normalized spacial score (nSPS) is 15.2. The zero-order chi connectivity index (χ0) is 17.5. The third-order valence-electron chi connectivity index (χ3n) is 4.27. The fourth-order valence-electron chi connectivity index (χ4n) is 2.78. The molecule has 6 nitrogen and oxygen atoms in total. The fraction of sp³-hybridized carbons (Fsp3) is 0.389. The van der Waals surface area contributed by atoms with Crippen molar-refractivity contribution in [3.63, 3.8) is 0 Å². The third kappa shape index (κ3) is 5.22. The zero-order valence-corrected chi connectivity index (χ0v) is 14.1. The highest BCUT2D eigenvalue weighted by Crippen LogP contribution is 2.09. The van der Waals surface area contributed by atoms with Gasteiger partial charge in [-0.05, 0) is 23.8 Å². The smallest absolute Gasteiger partial charge is 0.225 e. The number of aromatic nitrogens is 2. The molecule has 0 bridgehead atoms. The summed E-state index contributed by atoms with van der Waals surface area (Å²) in [5.41, 5.74) is 0.895. The van der Waals surface area contributed by atoms with Crippen molar-refractivity contribution in [1.29, 1.82) is 0 Å². The number of carbonyl (C=O) groups is 1. The lowest BCUT2D eigenvalue weighted by atomic mass is 10.2. The van der Waals surface area contributed by atoms with Gasteiger partial charge in [0.05, 0.1) is 0 Å². The van der Waals surface area contributed by atoms with Gasteiger partial charge in [-0.25, -0.2) is 14.4 Å². The van der Waals surface area contributed by atoms with E-state index in [-0.39, 0.29) is 11.7 Å². The highest BCUT2D eigenvalue weighted by atomic mass is 19.1. The maximum atomic E-state index is 12.8. The quantitative estimate of drug-likeness (QED) is 0.860. The lowest BCUT2D eigenvalue weighted by Crippen LogP contribution is -2.47. The summed E-state index contributed by atoms with van der Waals surface area (Å²) >= 11 is 0.